The molecule has 0 aromatic carbocycles. The van der Waals surface area contributed by atoms with Crippen LogP contribution in [0.2, 0.25) is 0 Å². The topological polar surface area (TPSA) is 72.2 Å². The highest BCUT2D eigenvalue weighted by Gasteiger charge is 2.24. The number of carbonyl (C=O) groups excluding carboxylic acids is 2. The van der Waals surface area contributed by atoms with E-state index >= 15 is 0 Å². The number of amides is 1. The van der Waals surface area contributed by atoms with Crippen molar-refractivity contribution in [3.05, 3.63) is 17.0 Å². The fraction of sp³-hybridized carbons (Fsp3) is 0.643. The van der Waals surface area contributed by atoms with Gasteiger partial charge in [0.1, 0.15) is 11.8 Å². The third kappa shape index (κ3) is 3.22. The molecule has 0 spiro atoms. The van der Waals surface area contributed by atoms with Crippen LogP contribution in [0.3, 0.4) is 0 Å². The zero-order valence-electron chi connectivity index (χ0n) is 11.4. The van der Waals surface area contributed by atoms with E-state index in [1.54, 1.807) is 6.92 Å². The van der Waals surface area contributed by atoms with Crippen molar-refractivity contribution in [2.24, 2.45) is 5.92 Å². The van der Waals surface area contributed by atoms with E-state index in [-0.39, 0.29) is 18.4 Å². The van der Waals surface area contributed by atoms with Crippen molar-refractivity contribution in [3.63, 3.8) is 0 Å². The lowest BCUT2D eigenvalue weighted by molar-refractivity contribution is -0.107. The van der Waals surface area contributed by atoms with Crippen LogP contribution in [0.15, 0.2) is 4.52 Å². The first kappa shape index (κ1) is 13.8. The van der Waals surface area contributed by atoms with E-state index in [1.165, 1.54) is 0 Å². The summed E-state index contributed by atoms with van der Waals surface area (Å²) in [5.74, 6) is 0.931. The molecular formula is C14H20N2O3. The number of carbonyl (C=O) groups is 2. The number of rotatable bonds is 4. The molecule has 19 heavy (non-hydrogen) atoms. The highest BCUT2D eigenvalue weighted by Crippen LogP contribution is 2.24. The van der Waals surface area contributed by atoms with Gasteiger partial charge in [0.2, 0.25) is 0 Å². The molecule has 5 heteroatoms. The number of hydrogen-bond donors (Lipinski definition) is 1. The van der Waals surface area contributed by atoms with Crippen molar-refractivity contribution < 1.29 is 14.1 Å². The van der Waals surface area contributed by atoms with Crippen LogP contribution in [0.1, 0.15) is 54.4 Å². The fourth-order valence-electron chi connectivity index (χ4n) is 2.58. The fourth-order valence-corrected chi connectivity index (χ4v) is 2.58. The third-order valence-corrected chi connectivity index (χ3v) is 3.78. The van der Waals surface area contributed by atoms with E-state index in [0.717, 1.165) is 37.9 Å². The molecule has 0 aliphatic heterocycles. The van der Waals surface area contributed by atoms with Crippen molar-refractivity contribution in [2.75, 3.05) is 0 Å². The summed E-state index contributed by atoms with van der Waals surface area (Å²) in [5, 5.41) is 6.79. The summed E-state index contributed by atoms with van der Waals surface area (Å²) in [5.41, 5.74) is 0.962. The molecule has 0 bridgehead atoms. The van der Waals surface area contributed by atoms with Gasteiger partial charge in [-0.25, -0.2) is 0 Å². The molecule has 1 N–H and O–H groups in total. The number of aromatic nitrogens is 1. The van der Waals surface area contributed by atoms with Crippen molar-refractivity contribution in [2.45, 2.75) is 52.0 Å². The molecule has 0 atom stereocenters. The average molecular weight is 264 g/mol. The molecule has 1 heterocycles. The van der Waals surface area contributed by atoms with Crippen LogP contribution >= 0.6 is 0 Å². The smallest absolute Gasteiger partial charge is 0.257 e. The molecule has 0 unspecified atom stereocenters. The molecule has 1 fully saturated rings. The lowest BCUT2D eigenvalue weighted by atomic mass is 9.87. The second-order valence-electron chi connectivity index (χ2n) is 5.37. The second kappa shape index (κ2) is 5.99. The molecule has 1 aliphatic carbocycles. The Morgan fingerprint density at radius 2 is 2.11 bits per heavy atom. The molecule has 5 nitrogen and oxygen atoms in total. The predicted molar refractivity (Wildman–Crippen MR) is 69.9 cm³/mol. The van der Waals surface area contributed by atoms with Gasteiger partial charge in [-0.15, -0.1) is 0 Å². The Kier molecular flexibility index (Phi) is 4.35. The highest BCUT2D eigenvalue weighted by atomic mass is 16.5. The van der Waals surface area contributed by atoms with Crippen molar-refractivity contribution in [1.82, 2.24) is 10.5 Å². The summed E-state index contributed by atoms with van der Waals surface area (Å²) >= 11 is 0. The Morgan fingerprint density at radius 3 is 2.74 bits per heavy atom. The molecule has 0 radical (unpaired) electrons. The Bertz CT molecular complexity index is 459. The van der Waals surface area contributed by atoms with Crippen LogP contribution in [0.25, 0.3) is 0 Å². The van der Waals surface area contributed by atoms with Gasteiger partial charge < -0.3 is 14.6 Å². The maximum atomic E-state index is 12.2. The summed E-state index contributed by atoms with van der Waals surface area (Å²) in [6, 6.07) is 0.224. The van der Waals surface area contributed by atoms with Gasteiger partial charge in [0.05, 0.1) is 12.1 Å². The van der Waals surface area contributed by atoms with Crippen LogP contribution in [-0.4, -0.2) is 23.4 Å². The first-order chi connectivity index (χ1) is 9.11. The van der Waals surface area contributed by atoms with Gasteiger partial charge in [0.15, 0.2) is 5.76 Å². The zero-order chi connectivity index (χ0) is 13.8. The third-order valence-electron chi connectivity index (χ3n) is 3.78. The number of aldehydes is 1. The monoisotopic (exact) mass is 264 g/mol. The van der Waals surface area contributed by atoms with Crippen LogP contribution in [0, 0.1) is 12.8 Å². The maximum Gasteiger partial charge on any atom is 0.257 e. The van der Waals surface area contributed by atoms with Gasteiger partial charge in [0.25, 0.3) is 5.91 Å². The largest absolute Gasteiger partial charge is 0.360 e. The first-order valence-electron chi connectivity index (χ1n) is 6.81. The first-order valence-corrected chi connectivity index (χ1v) is 6.81. The van der Waals surface area contributed by atoms with Gasteiger partial charge in [-0.2, -0.15) is 0 Å². The molecule has 104 valence electrons. The van der Waals surface area contributed by atoms with Gasteiger partial charge >= 0.3 is 0 Å². The molecule has 1 aromatic rings. The number of aryl methyl sites for hydroxylation is 1. The number of nitrogens with zero attached hydrogens (tertiary/aromatic N) is 1. The van der Waals surface area contributed by atoms with Crippen LogP contribution < -0.4 is 5.32 Å². The van der Waals surface area contributed by atoms with Crippen molar-refractivity contribution in [3.8, 4) is 0 Å². The highest BCUT2D eigenvalue weighted by molar-refractivity contribution is 5.96. The van der Waals surface area contributed by atoms with Gasteiger partial charge in [-0.1, -0.05) is 12.1 Å². The zero-order valence-corrected chi connectivity index (χ0v) is 11.4. The summed E-state index contributed by atoms with van der Waals surface area (Å²) < 4.78 is 5.02. The van der Waals surface area contributed by atoms with E-state index in [2.05, 4.69) is 17.4 Å². The predicted octanol–water partition coefficient (Wildman–Crippen LogP) is 2.03. The summed E-state index contributed by atoms with van der Waals surface area (Å²) in [4.78, 5) is 22.8. The Morgan fingerprint density at radius 1 is 1.42 bits per heavy atom. The molecule has 1 saturated carbocycles. The minimum Gasteiger partial charge on any atom is -0.360 e. The van der Waals surface area contributed by atoms with E-state index in [1.807, 2.05) is 0 Å². The minimum absolute atomic E-state index is 0.0886. The Hall–Kier alpha value is -1.65. The lowest BCUT2D eigenvalue weighted by Gasteiger charge is -2.26. The average Bonchev–Trinajstić information content (AvgIpc) is 2.74. The van der Waals surface area contributed by atoms with E-state index in [4.69, 9.17) is 4.52 Å². The minimum atomic E-state index is -0.171. The standard InChI is InChI=1S/C14H20N2O3/c1-9-3-5-11(6-4-9)15-14(18)13-10(2)16-19-12(13)7-8-17/h8-9,11H,3-7H2,1-2H3,(H,15,18). The lowest BCUT2D eigenvalue weighted by Crippen LogP contribution is -2.37. The van der Waals surface area contributed by atoms with Crippen LogP contribution in [0.4, 0.5) is 0 Å². The van der Waals surface area contributed by atoms with Gasteiger partial charge in [0, 0.05) is 6.04 Å². The Labute approximate surface area is 112 Å². The number of hydrogen-bond acceptors (Lipinski definition) is 4. The maximum absolute atomic E-state index is 12.2. The molecule has 2 rings (SSSR count). The van der Waals surface area contributed by atoms with E-state index in [9.17, 15) is 9.59 Å². The molecule has 1 aliphatic rings. The SMILES string of the molecule is Cc1noc(CC=O)c1C(=O)NC1CCC(C)CC1. The quantitative estimate of drug-likeness (QED) is 0.845. The molecular weight excluding hydrogens is 244 g/mol. The van der Waals surface area contributed by atoms with Crippen LogP contribution in [0.5, 0.6) is 0 Å². The number of nitrogens with one attached hydrogen (secondary N) is 1. The van der Waals surface area contributed by atoms with Crippen LogP contribution in [-0.2, 0) is 11.2 Å². The second-order valence-corrected chi connectivity index (χ2v) is 5.37. The van der Waals surface area contributed by atoms with E-state index in [0.29, 0.717) is 17.0 Å². The summed E-state index contributed by atoms with van der Waals surface area (Å²) in [6.07, 6.45) is 5.13. The van der Waals surface area contributed by atoms with Gasteiger partial charge in [-0.05, 0) is 38.5 Å². The van der Waals surface area contributed by atoms with E-state index < -0.39 is 0 Å². The molecule has 1 aromatic heterocycles. The van der Waals surface area contributed by atoms with Crippen molar-refractivity contribution in [1.29, 1.82) is 0 Å². The molecule has 1 amide bonds. The molecule has 0 saturated heterocycles. The van der Waals surface area contributed by atoms with Crippen molar-refractivity contribution >= 4 is 12.2 Å². The summed E-state index contributed by atoms with van der Waals surface area (Å²) in [6.45, 7) is 3.96. The normalized spacial score (nSPS) is 23.1. The Balaban J connectivity index is 2.03. The van der Waals surface area contributed by atoms with Gasteiger partial charge in [-0.3, -0.25) is 4.79 Å². The summed E-state index contributed by atoms with van der Waals surface area (Å²) in [7, 11) is 0.